The van der Waals surface area contributed by atoms with Crippen molar-refractivity contribution in [2.75, 3.05) is 31.7 Å². The summed E-state index contributed by atoms with van der Waals surface area (Å²) < 4.78 is 0. The number of nitrogen functional groups attached to an aromatic ring is 1. The molecule has 5 nitrogen and oxygen atoms in total. The smallest absolute Gasteiger partial charge is 0.223 e. The van der Waals surface area contributed by atoms with Crippen LogP contribution in [0.15, 0.2) is 22.9 Å². The molecular weight excluding hydrogens is 282 g/mol. The minimum absolute atomic E-state index is 0.173. The van der Waals surface area contributed by atoms with Crippen LogP contribution in [0.3, 0.4) is 0 Å². The number of nitrogens with two attached hydrogens (primary N) is 1. The second-order valence-electron chi connectivity index (χ2n) is 4.35. The van der Waals surface area contributed by atoms with E-state index in [1.807, 2.05) is 14.1 Å². The normalized spacial score (nSPS) is 12.6. The van der Waals surface area contributed by atoms with E-state index in [4.69, 9.17) is 17.3 Å². The molecule has 0 saturated heterocycles. The lowest BCUT2D eigenvalue weighted by molar-refractivity contribution is 0.312. The molecule has 0 aromatic carbocycles. The largest absolute Gasteiger partial charge is 0.368 e. The highest BCUT2D eigenvalue weighted by Gasteiger charge is 2.14. The van der Waals surface area contributed by atoms with E-state index in [0.717, 1.165) is 6.54 Å². The monoisotopic (exact) mass is 297 g/mol. The summed E-state index contributed by atoms with van der Waals surface area (Å²) in [6.07, 6.45) is 0. The van der Waals surface area contributed by atoms with Crippen molar-refractivity contribution in [2.24, 2.45) is 0 Å². The lowest BCUT2D eigenvalue weighted by Crippen LogP contribution is -2.26. The zero-order valence-corrected chi connectivity index (χ0v) is 12.4. The quantitative estimate of drug-likeness (QED) is 0.830. The van der Waals surface area contributed by atoms with Gasteiger partial charge in [0.2, 0.25) is 5.95 Å². The minimum Gasteiger partial charge on any atom is -0.368 e. The standard InChI is InChI=1S/C12H16ClN5S/c1-18(2)9(8-3-4-19-7-8)6-15-11-5-10(13)16-12(14)17-11/h3-5,7,9H,6H2,1-2H3,(H3,14,15,16,17). The van der Waals surface area contributed by atoms with Crippen LogP contribution in [0, 0.1) is 0 Å². The molecule has 0 fully saturated rings. The molecule has 1 atom stereocenters. The van der Waals surface area contributed by atoms with E-state index in [-0.39, 0.29) is 12.0 Å². The van der Waals surface area contributed by atoms with Crippen molar-refractivity contribution in [3.8, 4) is 0 Å². The lowest BCUT2D eigenvalue weighted by atomic mass is 10.1. The minimum atomic E-state index is 0.173. The Bertz CT molecular complexity index is 509. The molecule has 0 aliphatic heterocycles. The van der Waals surface area contributed by atoms with Gasteiger partial charge in [-0.1, -0.05) is 11.6 Å². The number of thiophene rings is 1. The maximum Gasteiger partial charge on any atom is 0.223 e. The average Bonchev–Trinajstić information content (AvgIpc) is 2.81. The number of aromatic nitrogens is 2. The Hall–Kier alpha value is -1.37. The number of rotatable bonds is 5. The predicted molar refractivity (Wildman–Crippen MR) is 80.7 cm³/mol. The van der Waals surface area contributed by atoms with Crippen molar-refractivity contribution in [3.63, 3.8) is 0 Å². The van der Waals surface area contributed by atoms with E-state index in [1.165, 1.54) is 5.56 Å². The van der Waals surface area contributed by atoms with Gasteiger partial charge in [0.15, 0.2) is 0 Å². The van der Waals surface area contributed by atoms with Gasteiger partial charge in [-0.25, -0.2) is 4.98 Å². The van der Waals surface area contributed by atoms with Gasteiger partial charge in [0.25, 0.3) is 0 Å². The molecule has 2 aromatic heterocycles. The van der Waals surface area contributed by atoms with Crippen molar-refractivity contribution in [1.29, 1.82) is 0 Å². The van der Waals surface area contributed by atoms with Crippen molar-refractivity contribution in [2.45, 2.75) is 6.04 Å². The molecular formula is C12H16ClN5S. The van der Waals surface area contributed by atoms with Crippen molar-refractivity contribution >= 4 is 34.7 Å². The molecule has 0 aliphatic carbocycles. The molecule has 2 rings (SSSR count). The van der Waals surface area contributed by atoms with Gasteiger partial charge in [-0.05, 0) is 36.5 Å². The third-order valence-corrected chi connectivity index (χ3v) is 3.64. The molecule has 0 aliphatic rings. The number of halogens is 1. The van der Waals surface area contributed by atoms with E-state index < -0.39 is 0 Å². The highest BCUT2D eigenvalue weighted by atomic mass is 35.5. The number of nitrogens with one attached hydrogen (secondary N) is 1. The predicted octanol–water partition coefficient (Wildman–Crippen LogP) is 2.49. The van der Waals surface area contributed by atoms with Crippen LogP contribution in [0.25, 0.3) is 0 Å². The number of likely N-dealkylation sites (N-methyl/N-ethyl adjacent to an activating group) is 1. The number of nitrogens with zero attached hydrogens (tertiary/aromatic N) is 3. The van der Waals surface area contributed by atoms with Crippen molar-refractivity contribution in [1.82, 2.24) is 14.9 Å². The summed E-state index contributed by atoms with van der Waals surface area (Å²) in [6.45, 7) is 0.719. The summed E-state index contributed by atoms with van der Waals surface area (Å²) in [7, 11) is 4.09. The van der Waals surface area contributed by atoms with E-state index in [1.54, 1.807) is 17.4 Å². The molecule has 0 saturated carbocycles. The molecule has 102 valence electrons. The molecule has 19 heavy (non-hydrogen) atoms. The van der Waals surface area contributed by atoms with E-state index in [2.05, 4.69) is 37.0 Å². The second kappa shape index (κ2) is 6.18. The third kappa shape index (κ3) is 3.79. The summed E-state index contributed by atoms with van der Waals surface area (Å²) in [5.74, 6) is 0.812. The van der Waals surface area contributed by atoms with Gasteiger partial charge in [0.05, 0.1) is 6.04 Å². The molecule has 0 bridgehead atoms. The molecule has 2 aromatic rings. The Kier molecular flexibility index (Phi) is 4.57. The highest BCUT2D eigenvalue weighted by Crippen LogP contribution is 2.22. The highest BCUT2D eigenvalue weighted by molar-refractivity contribution is 7.07. The van der Waals surface area contributed by atoms with Gasteiger partial charge >= 0.3 is 0 Å². The SMILES string of the molecule is CN(C)C(CNc1cc(Cl)nc(N)n1)c1ccsc1. The molecule has 0 amide bonds. The second-order valence-corrected chi connectivity index (χ2v) is 5.52. The Morgan fingerprint density at radius 2 is 2.26 bits per heavy atom. The Labute approximate surface area is 121 Å². The maximum atomic E-state index is 5.85. The topological polar surface area (TPSA) is 67.1 Å². The van der Waals surface area contributed by atoms with Crippen LogP contribution in [0.2, 0.25) is 5.15 Å². The zero-order valence-electron chi connectivity index (χ0n) is 10.8. The fourth-order valence-electron chi connectivity index (χ4n) is 1.79. The number of anilines is 2. The van der Waals surface area contributed by atoms with Gasteiger partial charge in [-0.15, -0.1) is 0 Å². The molecule has 0 spiro atoms. The van der Waals surface area contributed by atoms with Crippen LogP contribution < -0.4 is 11.1 Å². The van der Waals surface area contributed by atoms with Crippen LogP contribution in [-0.2, 0) is 0 Å². The van der Waals surface area contributed by atoms with Crippen molar-refractivity contribution in [3.05, 3.63) is 33.6 Å². The molecule has 3 N–H and O–H groups in total. The molecule has 2 heterocycles. The average molecular weight is 298 g/mol. The van der Waals surface area contributed by atoms with E-state index >= 15 is 0 Å². The van der Waals surface area contributed by atoms with Gasteiger partial charge in [0, 0.05) is 12.6 Å². The van der Waals surface area contributed by atoms with Gasteiger partial charge in [-0.3, -0.25) is 0 Å². The van der Waals surface area contributed by atoms with Gasteiger partial charge in [0.1, 0.15) is 11.0 Å². The van der Waals surface area contributed by atoms with Crippen LogP contribution in [0.5, 0.6) is 0 Å². The van der Waals surface area contributed by atoms with E-state index in [0.29, 0.717) is 11.0 Å². The lowest BCUT2D eigenvalue weighted by Gasteiger charge is -2.24. The Morgan fingerprint density at radius 3 is 2.84 bits per heavy atom. The third-order valence-electron chi connectivity index (χ3n) is 2.74. The van der Waals surface area contributed by atoms with Gasteiger partial charge in [-0.2, -0.15) is 16.3 Å². The van der Waals surface area contributed by atoms with Crippen LogP contribution in [0.1, 0.15) is 11.6 Å². The first kappa shape index (κ1) is 14.0. The summed E-state index contributed by atoms with van der Waals surface area (Å²) in [5.41, 5.74) is 6.84. The molecule has 7 heteroatoms. The first-order valence-electron chi connectivity index (χ1n) is 5.78. The van der Waals surface area contributed by atoms with Gasteiger partial charge < -0.3 is 16.0 Å². The molecule has 0 radical (unpaired) electrons. The van der Waals surface area contributed by atoms with E-state index in [9.17, 15) is 0 Å². The fraction of sp³-hybridized carbons (Fsp3) is 0.333. The zero-order chi connectivity index (χ0) is 13.8. The summed E-state index contributed by atoms with van der Waals surface area (Å²) in [5, 5.41) is 7.80. The van der Waals surface area contributed by atoms with Crippen LogP contribution >= 0.6 is 22.9 Å². The maximum absolute atomic E-state index is 5.85. The number of hydrogen-bond acceptors (Lipinski definition) is 6. The first-order chi connectivity index (χ1) is 9.06. The Morgan fingerprint density at radius 1 is 1.47 bits per heavy atom. The Balaban J connectivity index is 2.07. The summed E-state index contributed by atoms with van der Waals surface area (Å²) in [4.78, 5) is 10.1. The first-order valence-corrected chi connectivity index (χ1v) is 7.11. The van der Waals surface area contributed by atoms with Crippen LogP contribution in [0.4, 0.5) is 11.8 Å². The molecule has 1 unspecified atom stereocenters. The number of hydrogen-bond donors (Lipinski definition) is 2. The fourth-order valence-corrected chi connectivity index (χ4v) is 2.69. The summed E-state index contributed by atoms with van der Waals surface area (Å²) in [6, 6.07) is 4.05. The van der Waals surface area contributed by atoms with Crippen LogP contribution in [-0.4, -0.2) is 35.5 Å². The summed E-state index contributed by atoms with van der Waals surface area (Å²) >= 11 is 7.54. The van der Waals surface area contributed by atoms with Crippen molar-refractivity contribution < 1.29 is 0 Å².